The molecule has 0 radical (unpaired) electrons. The van der Waals surface area contributed by atoms with E-state index in [4.69, 9.17) is 9.47 Å². The molecule has 1 aliphatic heterocycles. The smallest absolute Gasteiger partial charge is 0.128 e. The number of halogens is 1. The van der Waals surface area contributed by atoms with Gasteiger partial charge in [-0.1, -0.05) is 6.07 Å². The van der Waals surface area contributed by atoms with Crippen LogP contribution in [0.2, 0.25) is 0 Å². The van der Waals surface area contributed by atoms with E-state index in [2.05, 4.69) is 5.32 Å². The van der Waals surface area contributed by atoms with Gasteiger partial charge < -0.3 is 14.8 Å². The summed E-state index contributed by atoms with van der Waals surface area (Å²) >= 11 is 0. The Bertz CT molecular complexity index is 447. The monoisotopic (exact) mass is 281 g/mol. The molecule has 4 heteroatoms. The Hall–Kier alpha value is -0.970. The SMILES string of the molecule is CNC(c1c(C)cc(C)cc1F)C1(OC)CCOCC1. The molecule has 1 heterocycles. The predicted molar refractivity (Wildman–Crippen MR) is 77.5 cm³/mol. The first-order valence-corrected chi connectivity index (χ1v) is 7.11. The summed E-state index contributed by atoms with van der Waals surface area (Å²) in [5, 5.41) is 3.26. The average Bonchev–Trinajstić information content (AvgIpc) is 2.43. The predicted octanol–water partition coefficient (Wildman–Crippen LogP) is 2.90. The Labute approximate surface area is 120 Å². The second kappa shape index (κ2) is 6.20. The normalized spacial score (nSPS) is 19.9. The molecule has 1 aromatic rings. The average molecular weight is 281 g/mol. The highest BCUT2D eigenvalue weighted by Gasteiger charge is 2.42. The lowest BCUT2D eigenvalue weighted by Gasteiger charge is -2.43. The molecule has 0 amide bonds. The highest BCUT2D eigenvalue weighted by Crippen LogP contribution is 2.39. The molecule has 112 valence electrons. The van der Waals surface area contributed by atoms with Gasteiger partial charge in [-0.25, -0.2) is 4.39 Å². The van der Waals surface area contributed by atoms with E-state index < -0.39 is 5.60 Å². The number of ether oxygens (including phenoxy) is 2. The van der Waals surface area contributed by atoms with Crippen molar-refractivity contribution in [2.75, 3.05) is 27.4 Å². The van der Waals surface area contributed by atoms with Gasteiger partial charge in [-0.15, -0.1) is 0 Å². The van der Waals surface area contributed by atoms with Crippen LogP contribution in [-0.4, -0.2) is 33.0 Å². The van der Waals surface area contributed by atoms with Crippen molar-refractivity contribution in [1.82, 2.24) is 5.32 Å². The summed E-state index contributed by atoms with van der Waals surface area (Å²) < 4.78 is 25.7. The summed E-state index contributed by atoms with van der Waals surface area (Å²) in [6.45, 7) is 5.17. The third kappa shape index (κ3) is 2.73. The van der Waals surface area contributed by atoms with Gasteiger partial charge in [0.15, 0.2) is 0 Å². The highest BCUT2D eigenvalue weighted by atomic mass is 19.1. The van der Waals surface area contributed by atoms with E-state index in [1.54, 1.807) is 13.2 Å². The first-order valence-electron chi connectivity index (χ1n) is 7.11. The summed E-state index contributed by atoms with van der Waals surface area (Å²) in [6.07, 6.45) is 1.53. The van der Waals surface area contributed by atoms with Crippen molar-refractivity contribution in [3.8, 4) is 0 Å². The maximum Gasteiger partial charge on any atom is 0.128 e. The fraction of sp³-hybridized carbons (Fsp3) is 0.625. The van der Waals surface area contributed by atoms with Crippen LogP contribution in [0.25, 0.3) is 0 Å². The number of nitrogens with one attached hydrogen (secondary N) is 1. The molecular formula is C16H24FNO2. The molecule has 0 aromatic heterocycles. The van der Waals surface area contributed by atoms with Crippen LogP contribution in [0.5, 0.6) is 0 Å². The molecule has 1 atom stereocenters. The Kier molecular flexibility index (Phi) is 4.78. The van der Waals surface area contributed by atoms with Gasteiger partial charge in [0.25, 0.3) is 0 Å². The molecule has 1 unspecified atom stereocenters. The molecule has 1 aliphatic rings. The standard InChI is InChI=1S/C16H24FNO2/c1-11-9-12(2)14(13(17)10-11)15(18-3)16(19-4)5-7-20-8-6-16/h9-10,15,18H,5-8H2,1-4H3. The minimum absolute atomic E-state index is 0.162. The van der Waals surface area contributed by atoms with Crippen LogP contribution in [0, 0.1) is 19.7 Å². The lowest BCUT2D eigenvalue weighted by molar-refractivity contribution is -0.111. The Morgan fingerprint density at radius 1 is 1.30 bits per heavy atom. The van der Waals surface area contributed by atoms with Crippen molar-refractivity contribution >= 4 is 0 Å². The molecule has 2 rings (SSSR count). The van der Waals surface area contributed by atoms with Crippen LogP contribution in [0.15, 0.2) is 12.1 Å². The van der Waals surface area contributed by atoms with Gasteiger partial charge in [0.2, 0.25) is 0 Å². The molecule has 1 aromatic carbocycles. The molecule has 3 nitrogen and oxygen atoms in total. The van der Waals surface area contributed by atoms with Crippen molar-refractivity contribution in [3.05, 3.63) is 34.6 Å². The first kappa shape index (κ1) is 15.4. The maximum absolute atomic E-state index is 14.5. The first-order chi connectivity index (χ1) is 9.54. The molecule has 0 bridgehead atoms. The van der Waals surface area contributed by atoms with Crippen LogP contribution < -0.4 is 5.32 Å². The Balaban J connectivity index is 2.46. The van der Waals surface area contributed by atoms with Crippen LogP contribution in [0.4, 0.5) is 4.39 Å². The van der Waals surface area contributed by atoms with Crippen molar-refractivity contribution in [1.29, 1.82) is 0 Å². The minimum Gasteiger partial charge on any atom is -0.381 e. The van der Waals surface area contributed by atoms with E-state index in [0.717, 1.165) is 24.0 Å². The number of aryl methyl sites for hydroxylation is 2. The summed E-state index contributed by atoms with van der Waals surface area (Å²) in [7, 11) is 3.57. The van der Waals surface area contributed by atoms with Crippen molar-refractivity contribution in [2.24, 2.45) is 0 Å². The molecule has 0 saturated carbocycles. The van der Waals surface area contributed by atoms with Crippen LogP contribution in [-0.2, 0) is 9.47 Å². The second-order valence-corrected chi connectivity index (χ2v) is 5.58. The fourth-order valence-corrected chi connectivity index (χ4v) is 3.29. The topological polar surface area (TPSA) is 30.5 Å². The van der Waals surface area contributed by atoms with Gasteiger partial charge in [0.05, 0.1) is 11.6 Å². The second-order valence-electron chi connectivity index (χ2n) is 5.58. The summed E-state index contributed by atoms with van der Waals surface area (Å²) in [5.41, 5.74) is 2.21. The Morgan fingerprint density at radius 3 is 2.45 bits per heavy atom. The van der Waals surface area contributed by atoms with E-state index in [0.29, 0.717) is 18.8 Å². The lowest BCUT2D eigenvalue weighted by Crippen LogP contribution is -2.49. The zero-order chi connectivity index (χ0) is 14.8. The maximum atomic E-state index is 14.5. The highest BCUT2D eigenvalue weighted by molar-refractivity contribution is 5.36. The fourth-order valence-electron chi connectivity index (χ4n) is 3.29. The van der Waals surface area contributed by atoms with Crippen LogP contribution in [0.3, 0.4) is 0 Å². The summed E-state index contributed by atoms with van der Waals surface area (Å²) in [5.74, 6) is -0.162. The van der Waals surface area contributed by atoms with Gasteiger partial charge in [0, 0.05) is 38.7 Å². The Morgan fingerprint density at radius 2 is 1.95 bits per heavy atom. The van der Waals surface area contributed by atoms with Gasteiger partial charge in [-0.3, -0.25) is 0 Å². The third-order valence-electron chi connectivity index (χ3n) is 4.33. The number of rotatable bonds is 4. The van der Waals surface area contributed by atoms with E-state index in [1.807, 2.05) is 27.0 Å². The number of hydrogen-bond acceptors (Lipinski definition) is 3. The third-order valence-corrected chi connectivity index (χ3v) is 4.33. The zero-order valence-corrected chi connectivity index (χ0v) is 12.8. The number of methoxy groups -OCH3 is 1. The lowest BCUT2D eigenvalue weighted by atomic mass is 9.80. The van der Waals surface area contributed by atoms with E-state index in [1.165, 1.54) is 0 Å². The largest absolute Gasteiger partial charge is 0.381 e. The number of likely N-dealkylation sites (N-methyl/N-ethyl adjacent to an activating group) is 1. The number of hydrogen-bond donors (Lipinski definition) is 1. The van der Waals surface area contributed by atoms with Gasteiger partial charge in [0.1, 0.15) is 5.82 Å². The van der Waals surface area contributed by atoms with Crippen molar-refractivity contribution in [3.63, 3.8) is 0 Å². The molecule has 1 fully saturated rings. The molecular weight excluding hydrogens is 257 g/mol. The van der Waals surface area contributed by atoms with Crippen molar-refractivity contribution < 1.29 is 13.9 Å². The van der Waals surface area contributed by atoms with Crippen LogP contribution in [0.1, 0.15) is 35.6 Å². The number of benzene rings is 1. The van der Waals surface area contributed by atoms with Gasteiger partial charge >= 0.3 is 0 Å². The quantitative estimate of drug-likeness (QED) is 0.920. The van der Waals surface area contributed by atoms with E-state index in [9.17, 15) is 4.39 Å². The minimum atomic E-state index is -0.409. The van der Waals surface area contributed by atoms with Crippen LogP contribution >= 0.6 is 0 Å². The summed E-state index contributed by atoms with van der Waals surface area (Å²) in [6, 6.07) is 3.44. The molecule has 0 aliphatic carbocycles. The van der Waals surface area contributed by atoms with E-state index >= 15 is 0 Å². The zero-order valence-electron chi connectivity index (χ0n) is 12.8. The van der Waals surface area contributed by atoms with Crippen molar-refractivity contribution in [2.45, 2.75) is 38.3 Å². The summed E-state index contributed by atoms with van der Waals surface area (Å²) in [4.78, 5) is 0. The van der Waals surface area contributed by atoms with E-state index in [-0.39, 0.29) is 11.9 Å². The molecule has 0 spiro atoms. The van der Waals surface area contributed by atoms with Gasteiger partial charge in [-0.05, 0) is 38.1 Å². The molecule has 20 heavy (non-hydrogen) atoms. The molecule has 1 N–H and O–H groups in total. The van der Waals surface area contributed by atoms with Gasteiger partial charge in [-0.2, -0.15) is 0 Å². The molecule has 1 saturated heterocycles.